The summed E-state index contributed by atoms with van der Waals surface area (Å²) in [5, 5.41) is 24.7. The fraction of sp³-hybridized carbons (Fsp3) is 0.200. The molecule has 0 radical (unpaired) electrons. The van der Waals surface area contributed by atoms with Crippen LogP contribution in [0.1, 0.15) is 11.1 Å². The van der Waals surface area contributed by atoms with Crippen LogP contribution in [0.2, 0.25) is 0 Å². The van der Waals surface area contributed by atoms with Gasteiger partial charge in [-0.25, -0.2) is 0 Å². The largest absolute Gasteiger partial charge is 0.507 e. The van der Waals surface area contributed by atoms with E-state index in [4.69, 9.17) is 0 Å². The molecule has 2 unspecified atom stereocenters. The van der Waals surface area contributed by atoms with E-state index in [0.717, 1.165) is 0 Å². The Bertz CT molecular complexity index is 828. The van der Waals surface area contributed by atoms with Gasteiger partial charge in [0.15, 0.2) is 12.1 Å². The van der Waals surface area contributed by atoms with Gasteiger partial charge in [0.2, 0.25) is 11.8 Å². The molecule has 0 heterocycles. The van der Waals surface area contributed by atoms with Gasteiger partial charge in [0.1, 0.15) is 11.5 Å². The number of phenolic OH excluding ortho intramolecular Hbond substituents is 2. The van der Waals surface area contributed by atoms with Crippen LogP contribution in [0.5, 0.6) is 11.5 Å². The fourth-order valence-electron chi connectivity index (χ4n) is 2.40. The molecule has 9 heteroatoms. The Labute approximate surface area is 183 Å². The van der Waals surface area contributed by atoms with Gasteiger partial charge >= 0.3 is 0 Å². The van der Waals surface area contributed by atoms with Gasteiger partial charge in [-0.15, -0.1) is 0 Å². The van der Waals surface area contributed by atoms with Crippen molar-refractivity contribution in [2.75, 3.05) is 14.1 Å². The smallest absolute Gasteiger partial charge is 0.247 e. The van der Waals surface area contributed by atoms with Gasteiger partial charge in [0, 0.05) is 58.7 Å². The second-order valence-electron chi connectivity index (χ2n) is 5.79. The maximum Gasteiger partial charge on any atom is 0.247 e. The maximum atomic E-state index is 12.4. The predicted octanol–water partition coefficient (Wildman–Crippen LogP) is 0.862. The van der Waals surface area contributed by atoms with Crippen molar-refractivity contribution in [1.29, 1.82) is 0 Å². The molecule has 8 nitrogen and oxygen atoms in total. The van der Waals surface area contributed by atoms with E-state index in [0.29, 0.717) is 11.1 Å². The Hall–Kier alpha value is -2.99. The fourth-order valence-corrected chi connectivity index (χ4v) is 2.40. The number of aliphatic imine (C=N–C) groups is 2. The van der Waals surface area contributed by atoms with Gasteiger partial charge in [0.25, 0.3) is 0 Å². The van der Waals surface area contributed by atoms with Crippen LogP contribution in [0.3, 0.4) is 0 Å². The number of rotatable bonds is 7. The zero-order valence-electron chi connectivity index (χ0n) is 15.8. The third-order valence-corrected chi connectivity index (χ3v) is 3.95. The minimum atomic E-state index is -1.17. The van der Waals surface area contributed by atoms with Crippen LogP contribution in [0.25, 0.3) is 0 Å². The van der Waals surface area contributed by atoms with Crippen molar-refractivity contribution in [2.24, 2.45) is 9.98 Å². The van der Waals surface area contributed by atoms with Gasteiger partial charge in [0.05, 0.1) is 0 Å². The van der Waals surface area contributed by atoms with Crippen LogP contribution in [0.15, 0.2) is 58.5 Å². The second-order valence-corrected chi connectivity index (χ2v) is 5.79. The van der Waals surface area contributed by atoms with Crippen molar-refractivity contribution in [2.45, 2.75) is 12.1 Å². The van der Waals surface area contributed by atoms with Crippen molar-refractivity contribution in [3.05, 3.63) is 59.7 Å². The summed E-state index contributed by atoms with van der Waals surface area (Å²) < 4.78 is 0. The van der Waals surface area contributed by atoms with Crippen molar-refractivity contribution in [3.8, 4) is 11.5 Å². The summed E-state index contributed by atoms with van der Waals surface area (Å²) >= 11 is 0. The van der Waals surface area contributed by atoms with Crippen LogP contribution in [0, 0.1) is 0 Å². The number of amides is 2. The molecule has 29 heavy (non-hydrogen) atoms. The SMILES string of the molecule is CNC(=O)C(N=Cc1ccccc1O)C(N=Cc1ccccc1O)C(=O)NC.[Pt]. The van der Waals surface area contributed by atoms with E-state index in [-0.39, 0.29) is 32.6 Å². The van der Waals surface area contributed by atoms with Crippen molar-refractivity contribution in [3.63, 3.8) is 0 Å². The molecule has 156 valence electrons. The van der Waals surface area contributed by atoms with Crippen molar-refractivity contribution >= 4 is 24.2 Å². The first-order valence-electron chi connectivity index (χ1n) is 8.53. The molecule has 2 aromatic rings. The minimum absolute atomic E-state index is 0. The van der Waals surface area contributed by atoms with E-state index in [1.807, 2.05) is 0 Å². The molecule has 0 spiro atoms. The van der Waals surface area contributed by atoms with Crippen LogP contribution in [-0.2, 0) is 30.7 Å². The molecule has 0 aliphatic rings. The summed E-state index contributed by atoms with van der Waals surface area (Å²) in [6.07, 6.45) is 2.64. The van der Waals surface area contributed by atoms with Crippen LogP contribution in [0.4, 0.5) is 0 Å². The summed E-state index contributed by atoms with van der Waals surface area (Å²) in [6, 6.07) is 10.6. The second kappa shape index (κ2) is 11.8. The Morgan fingerprint density at radius 1 is 0.793 bits per heavy atom. The van der Waals surface area contributed by atoms with Gasteiger partial charge in [-0.2, -0.15) is 0 Å². The first-order chi connectivity index (χ1) is 13.5. The molecule has 2 rings (SSSR count). The Morgan fingerprint density at radius 2 is 1.14 bits per heavy atom. The van der Waals surface area contributed by atoms with E-state index < -0.39 is 23.9 Å². The van der Waals surface area contributed by atoms with E-state index in [2.05, 4.69) is 20.6 Å². The molecule has 0 fully saturated rings. The van der Waals surface area contributed by atoms with Crippen LogP contribution < -0.4 is 10.6 Å². The van der Waals surface area contributed by atoms with Gasteiger partial charge < -0.3 is 20.8 Å². The molecule has 0 aliphatic carbocycles. The monoisotopic (exact) mass is 577 g/mol. The number of hydrogen-bond acceptors (Lipinski definition) is 6. The topological polar surface area (TPSA) is 123 Å². The Kier molecular flexibility index (Phi) is 9.75. The number of hydrogen-bond donors (Lipinski definition) is 4. The van der Waals surface area contributed by atoms with E-state index >= 15 is 0 Å². The molecule has 0 saturated heterocycles. The number of aromatic hydroxyl groups is 2. The molecule has 0 aromatic heterocycles. The van der Waals surface area contributed by atoms with Crippen LogP contribution >= 0.6 is 0 Å². The summed E-state index contributed by atoms with van der Waals surface area (Å²) in [6.45, 7) is 0. The maximum absolute atomic E-state index is 12.4. The number of nitrogens with zero attached hydrogens (tertiary/aromatic N) is 2. The zero-order valence-corrected chi connectivity index (χ0v) is 18.1. The molecular weight excluding hydrogens is 555 g/mol. The summed E-state index contributed by atoms with van der Waals surface area (Å²) in [7, 11) is 2.86. The molecule has 4 N–H and O–H groups in total. The van der Waals surface area contributed by atoms with E-state index in [1.165, 1.54) is 38.7 Å². The molecular formula is C20H22N4O4Pt. The predicted molar refractivity (Wildman–Crippen MR) is 107 cm³/mol. The average molecular weight is 577 g/mol. The van der Waals surface area contributed by atoms with Crippen molar-refractivity contribution in [1.82, 2.24) is 10.6 Å². The Balaban J connectivity index is 0.00000420. The van der Waals surface area contributed by atoms with Gasteiger partial charge in [-0.3, -0.25) is 19.6 Å². The minimum Gasteiger partial charge on any atom is -0.507 e. The average Bonchev–Trinajstić information content (AvgIpc) is 2.71. The summed E-state index contributed by atoms with van der Waals surface area (Å²) in [4.78, 5) is 33.1. The molecule has 2 atom stereocenters. The van der Waals surface area contributed by atoms with Gasteiger partial charge in [-0.05, 0) is 24.3 Å². The number of phenols is 2. The number of likely N-dealkylation sites (N-methyl/N-ethyl adjacent to an activating group) is 2. The molecule has 2 amide bonds. The first-order valence-corrected chi connectivity index (χ1v) is 8.53. The third-order valence-electron chi connectivity index (χ3n) is 3.95. The number of carbonyl (C=O) groups excluding carboxylic acids is 2. The van der Waals surface area contributed by atoms with Crippen LogP contribution in [-0.4, -0.2) is 60.6 Å². The number of nitrogens with one attached hydrogen (secondary N) is 2. The molecule has 0 bridgehead atoms. The number of carbonyl (C=O) groups is 2. The number of para-hydroxylation sites is 2. The normalized spacial score (nSPS) is 12.9. The molecule has 0 saturated carbocycles. The van der Waals surface area contributed by atoms with E-state index in [1.54, 1.807) is 36.4 Å². The zero-order chi connectivity index (χ0) is 20.5. The Morgan fingerprint density at radius 3 is 1.45 bits per heavy atom. The standard InChI is InChI=1S/C20H22N4O4.Pt/c1-21-19(27)17(23-11-13-7-3-5-9-15(13)25)18(20(28)22-2)24-12-14-8-4-6-10-16(14)26;/h3-12,17-18,25-26H,1-2H3,(H,21,27)(H,22,28);. The molecule has 2 aromatic carbocycles. The first kappa shape index (κ1) is 24.0. The third kappa shape index (κ3) is 6.54. The summed E-state index contributed by atoms with van der Waals surface area (Å²) in [5.41, 5.74) is 0.800. The van der Waals surface area contributed by atoms with Gasteiger partial charge in [-0.1, -0.05) is 24.3 Å². The number of benzene rings is 2. The van der Waals surface area contributed by atoms with Crippen molar-refractivity contribution < 1.29 is 40.9 Å². The summed E-state index contributed by atoms with van der Waals surface area (Å²) in [5.74, 6) is -1.04. The van der Waals surface area contributed by atoms with E-state index in [9.17, 15) is 19.8 Å². The quantitative estimate of drug-likeness (QED) is 0.365. The molecule has 0 aliphatic heterocycles.